The maximum Gasteiger partial charge on any atom is 0.251 e. The van der Waals surface area contributed by atoms with Crippen LogP contribution < -0.4 is 5.32 Å². The summed E-state index contributed by atoms with van der Waals surface area (Å²) < 4.78 is 0.948. The monoisotopic (exact) mass is 295 g/mol. The van der Waals surface area contributed by atoms with Gasteiger partial charge in [-0.15, -0.1) is 0 Å². The van der Waals surface area contributed by atoms with Gasteiger partial charge in [-0.1, -0.05) is 28.9 Å². The van der Waals surface area contributed by atoms with Crippen LogP contribution in [-0.2, 0) is 0 Å². The molecule has 1 aliphatic carbocycles. The minimum Gasteiger partial charge on any atom is -0.352 e. The molecule has 0 aliphatic heterocycles. The fourth-order valence-corrected chi connectivity index (χ4v) is 2.38. The molecule has 1 fully saturated rings. The lowest BCUT2D eigenvalue weighted by molar-refractivity contribution is 0.0946. The number of carbonyl (C=O) groups is 1. The zero-order chi connectivity index (χ0) is 12.4. The van der Waals surface area contributed by atoms with Crippen molar-refractivity contribution in [2.45, 2.75) is 26.7 Å². The van der Waals surface area contributed by atoms with Crippen LogP contribution in [0.4, 0.5) is 0 Å². The molecular weight excluding hydrogens is 278 g/mol. The Kier molecular flexibility index (Phi) is 3.87. The maximum absolute atomic E-state index is 12.0. The smallest absolute Gasteiger partial charge is 0.251 e. The van der Waals surface area contributed by atoms with Crippen molar-refractivity contribution in [3.63, 3.8) is 0 Å². The summed E-state index contributed by atoms with van der Waals surface area (Å²) in [4.78, 5) is 12.0. The summed E-state index contributed by atoms with van der Waals surface area (Å²) in [5, 5.41) is 3.03. The van der Waals surface area contributed by atoms with E-state index in [1.54, 1.807) is 0 Å². The molecule has 2 nitrogen and oxygen atoms in total. The molecule has 92 valence electrons. The van der Waals surface area contributed by atoms with Crippen LogP contribution in [0.3, 0.4) is 0 Å². The number of aryl methyl sites for hydroxylation is 1. The van der Waals surface area contributed by atoms with Gasteiger partial charge in [0.15, 0.2) is 0 Å². The van der Waals surface area contributed by atoms with Gasteiger partial charge in [-0.25, -0.2) is 0 Å². The molecule has 1 saturated carbocycles. The van der Waals surface area contributed by atoms with Gasteiger partial charge in [0, 0.05) is 16.6 Å². The van der Waals surface area contributed by atoms with Gasteiger partial charge in [0.1, 0.15) is 0 Å². The minimum atomic E-state index is 0.0382. The molecule has 1 N–H and O–H groups in total. The van der Waals surface area contributed by atoms with Crippen LogP contribution in [-0.4, -0.2) is 12.5 Å². The summed E-state index contributed by atoms with van der Waals surface area (Å²) >= 11 is 3.40. The first kappa shape index (κ1) is 12.6. The van der Waals surface area contributed by atoms with Crippen molar-refractivity contribution >= 4 is 21.8 Å². The Balaban J connectivity index is 1.96. The Hall–Kier alpha value is -0.830. The van der Waals surface area contributed by atoms with Gasteiger partial charge in [-0.3, -0.25) is 4.79 Å². The van der Waals surface area contributed by atoms with Crippen molar-refractivity contribution < 1.29 is 4.79 Å². The Labute approximate surface area is 111 Å². The molecule has 0 aromatic heterocycles. The average Bonchev–Trinajstić information content (AvgIpc) is 3.12. The van der Waals surface area contributed by atoms with Gasteiger partial charge in [0.05, 0.1) is 0 Å². The Morgan fingerprint density at radius 3 is 2.88 bits per heavy atom. The van der Waals surface area contributed by atoms with Crippen molar-refractivity contribution in [2.75, 3.05) is 6.54 Å². The number of hydrogen-bond donors (Lipinski definition) is 1. The fraction of sp³-hybridized carbons (Fsp3) is 0.500. The summed E-state index contributed by atoms with van der Waals surface area (Å²) in [6, 6.07) is 5.80. The van der Waals surface area contributed by atoms with E-state index in [0.717, 1.165) is 28.1 Å². The highest BCUT2D eigenvalue weighted by Crippen LogP contribution is 2.36. The molecule has 0 saturated heterocycles. The lowest BCUT2D eigenvalue weighted by Gasteiger charge is -2.12. The number of carbonyl (C=O) groups excluding carboxylic acids is 1. The normalized spacial score (nSPS) is 16.6. The summed E-state index contributed by atoms with van der Waals surface area (Å²) in [6.45, 7) is 4.97. The summed E-state index contributed by atoms with van der Waals surface area (Å²) in [7, 11) is 0. The Morgan fingerprint density at radius 2 is 2.24 bits per heavy atom. The molecule has 3 heteroatoms. The first-order chi connectivity index (χ1) is 8.08. The van der Waals surface area contributed by atoms with E-state index in [0.29, 0.717) is 5.92 Å². The second-order valence-corrected chi connectivity index (χ2v) is 5.90. The third-order valence-corrected chi connectivity index (χ3v) is 3.95. The number of hydrogen-bond acceptors (Lipinski definition) is 1. The van der Waals surface area contributed by atoms with Crippen molar-refractivity contribution in [1.29, 1.82) is 0 Å². The first-order valence-corrected chi connectivity index (χ1v) is 6.91. The zero-order valence-corrected chi connectivity index (χ0v) is 11.9. The molecule has 0 radical (unpaired) electrons. The van der Waals surface area contributed by atoms with E-state index < -0.39 is 0 Å². The molecule has 0 bridgehead atoms. The highest BCUT2D eigenvalue weighted by molar-refractivity contribution is 9.10. The molecule has 2 rings (SSSR count). The predicted molar refractivity (Wildman–Crippen MR) is 73.1 cm³/mol. The summed E-state index contributed by atoms with van der Waals surface area (Å²) in [5.74, 6) is 1.47. The maximum atomic E-state index is 12.0. The molecule has 1 amide bonds. The molecule has 1 aromatic rings. The van der Waals surface area contributed by atoms with E-state index in [9.17, 15) is 4.79 Å². The first-order valence-electron chi connectivity index (χ1n) is 6.12. The van der Waals surface area contributed by atoms with Gasteiger partial charge in [0.25, 0.3) is 5.91 Å². The van der Waals surface area contributed by atoms with E-state index in [1.807, 2.05) is 25.1 Å². The van der Waals surface area contributed by atoms with E-state index >= 15 is 0 Å². The fourth-order valence-electron chi connectivity index (χ4n) is 2.02. The Bertz CT molecular complexity index is 426. The van der Waals surface area contributed by atoms with Crippen LogP contribution in [0.5, 0.6) is 0 Å². The second kappa shape index (κ2) is 5.21. The number of rotatable bonds is 4. The third-order valence-electron chi connectivity index (χ3n) is 3.46. The zero-order valence-electron chi connectivity index (χ0n) is 10.3. The second-order valence-electron chi connectivity index (χ2n) is 4.98. The van der Waals surface area contributed by atoms with E-state index in [-0.39, 0.29) is 5.91 Å². The molecule has 1 aromatic carbocycles. The number of benzene rings is 1. The number of amides is 1. The summed E-state index contributed by atoms with van der Waals surface area (Å²) in [5.41, 5.74) is 1.78. The quantitative estimate of drug-likeness (QED) is 0.904. The largest absolute Gasteiger partial charge is 0.352 e. The molecule has 0 spiro atoms. The van der Waals surface area contributed by atoms with Gasteiger partial charge in [0.2, 0.25) is 0 Å². The van der Waals surface area contributed by atoms with Gasteiger partial charge in [-0.2, -0.15) is 0 Å². The molecule has 1 atom stereocenters. The SMILES string of the molecule is Cc1ccc(Br)cc1C(=O)NCC(C)C1CC1. The number of nitrogens with one attached hydrogen (secondary N) is 1. The third kappa shape index (κ3) is 3.32. The van der Waals surface area contributed by atoms with Crippen molar-refractivity contribution in [3.8, 4) is 0 Å². The topological polar surface area (TPSA) is 29.1 Å². The lowest BCUT2D eigenvalue weighted by Crippen LogP contribution is -2.29. The molecule has 17 heavy (non-hydrogen) atoms. The number of halogens is 1. The standard InChI is InChI=1S/C14H18BrNO/c1-9-3-6-12(15)7-13(9)14(17)16-8-10(2)11-4-5-11/h3,6-7,10-11H,4-5,8H2,1-2H3,(H,16,17). The Morgan fingerprint density at radius 1 is 1.53 bits per heavy atom. The van der Waals surface area contributed by atoms with Crippen LogP contribution in [0.15, 0.2) is 22.7 Å². The predicted octanol–water partition coefficient (Wildman–Crippen LogP) is 3.53. The highest BCUT2D eigenvalue weighted by atomic mass is 79.9. The van der Waals surface area contributed by atoms with E-state index in [4.69, 9.17) is 0 Å². The van der Waals surface area contributed by atoms with Gasteiger partial charge >= 0.3 is 0 Å². The van der Waals surface area contributed by atoms with Crippen LogP contribution in [0.1, 0.15) is 35.7 Å². The highest BCUT2D eigenvalue weighted by Gasteiger charge is 2.27. The van der Waals surface area contributed by atoms with E-state index in [2.05, 4.69) is 28.2 Å². The lowest BCUT2D eigenvalue weighted by atomic mass is 10.1. The average molecular weight is 296 g/mol. The minimum absolute atomic E-state index is 0.0382. The van der Waals surface area contributed by atoms with Crippen LogP contribution in [0.2, 0.25) is 0 Å². The van der Waals surface area contributed by atoms with Crippen molar-refractivity contribution in [2.24, 2.45) is 11.8 Å². The van der Waals surface area contributed by atoms with Crippen molar-refractivity contribution in [1.82, 2.24) is 5.32 Å². The molecule has 0 heterocycles. The van der Waals surface area contributed by atoms with Crippen LogP contribution in [0.25, 0.3) is 0 Å². The molecular formula is C14H18BrNO. The van der Waals surface area contributed by atoms with Crippen LogP contribution >= 0.6 is 15.9 Å². The van der Waals surface area contributed by atoms with E-state index in [1.165, 1.54) is 12.8 Å². The van der Waals surface area contributed by atoms with Crippen molar-refractivity contribution in [3.05, 3.63) is 33.8 Å². The summed E-state index contributed by atoms with van der Waals surface area (Å²) in [6.07, 6.45) is 2.65. The van der Waals surface area contributed by atoms with Gasteiger partial charge in [-0.05, 0) is 49.3 Å². The molecule has 1 aliphatic rings. The molecule has 1 unspecified atom stereocenters. The van der Waals surface area contributed by atoms with Crippen LogP contribution in [0, 0.1) is 18.8 Å². The van der Waals surface area contributed by atoms with Gasteiger partial charge < -0.3 is 5.32 Å².